The maximum absolute atomic E-state index is 12.0. The van der Waals surface area contributed by atoms with E-state index in [1.807, 2.05) is 29.1 Å². The van der Waals surface area contributed by atoms with Gasteiger partial charge in [0, 0.05) is 16.8 Å². The van der Waals surface area contributed by atoms with E-state index in [-0.39, 0.29) is 23.7 Å². The molecule has 0 radical (unpaired) electrons. The summed E-state index contributed by atoms with van der Waals surface area (Å²) in [4.78, 5) is 16.1. The van der Waals surface area contributed by atoms with Gasteiger partial charge in [-0.15, -0.1) is 12.4 Å². The molecule has 138 valence electrons. The SMILES string of the molecule is Cl.O=c1nc2cc/c(=C(/O)c3cnn(C4CCNCC4)c3)c3cccc1c23. The molecular weight excluding hydrogens is 364 g/mol. The lowest BCUT2D eigenvalue weighted by atomic mass is 10.0. The third kappa shape index (κ3) is 2.81. The first-order valence-electron chi connectivity index (χ1n) is 8.86. The minimum atomic E-state index is -0.221. The van der Waals surface area contributed by atoms with Crippen LogP contribution in [0.4, 0.5) is 0 Å². The van der Waals surface area contributed by atoms with Crippen LogP contribution in [0.5, 0.6) is 0 Å². The largest absolute Gasteiger partial charge is 0.507 e. The van der Waals surface area contributed by atoms with Crippen molar-refractivity contribution in [2.24, 2.45) is 0 Å². The Balaban J connectivity index is 0.00000180. The van der Waals surface area contributed by atoms with Gasteiger partial charge in [0.25, 0.3) is 5.56 Å². The molecular formula is C20H19ClN4O2. The Kier molecular flexibility index (Phi) is 4.45. The summed E-state index contributed by atoms with van der Waals surface area (Å²) in [5.41, 5.74) is 1.13. The zero-order valence-electron chi connectivity index (χ0n) is 14.6. The molecule has 0 bridgehead atoms. The predicted octanol–water partition coefficient (Wildman–Crippen LogP) is 2.16. The van der Waals surface area contributed by atoms with Crippen LogP contribution in [0.2, 0.25) is 0 Å². The van der Waals surface area contributed by atoms with Crippen LogP contribution in [0.3, 0.4) is 0 Å². The number of nitrogens with one attached hydrogen (secondary N) is 1. The van der Waals surface area contributed by atoms with E-state index in [1.54, 1.807) is 18.3 Å². The van der Waals surface area contributed by atoms with Crippen molar-refractivity contribution in [2.45, 2.75) is 18.9 Å². The van der Waals surface area contributed by atoms with Crippen LogP contribution in [0.25, 0.3) is 27.4 Å². The fraction of sp³-hybridized carbons (Fsp3) is 0.250. The zero-order chi connectivity index (χ0) is 17.7. The van der Waals surface area contributed by atoms with Crippen LogP contribution in [0, 0.1) is 0 Å². The monoisotopic (exact) mass is 382 g/mol. The minimum absolute atomic E-state index is 0. The van der Waals surface area contributed by atoms with Crippen molar-refractivity contribution in [2.75, 3.05) is 13.1 Å². The van der Waals surface area contributed by atoms with Gasteiger partial charge in [0.1, 0.15) is 5.76 Å². The lowest BCUT2D eigenvalue weighted by Crippen LogP contribution is -2.29. The van der Waals surface area contributed by atoms with E-state index < -0.39 is 0 Å². The van der Waals surface area contributed by atoms with Crippen LogP contribution in [0.1, 0.15) is 24.4 Å². The van der Waals surface area contributed by atoms with Crippen molar-refractivity contribution in [3.8, 4) is 0 Å². The summed E-state index contributed by atoms with van der Waals surface area (Å²) in [6, 6.07) is 9.50. The molecule has 0 spiro atoms. The molecule has 0 atom stereocenters. The molecule has 2 aromatic carbocycles. The Morgan fingerprint density at radius 3 is 2.74 bits per heavy atom. The van der Waals surface area contributed by atoms with E-state index in [4.69, 9.17) is 0 Å². The van der Waals surface area contributed by atoms with Gasteiger partial charge in [-0.05, 0) is 49.5 Å². The molecule has 7 heteroatoms. The number of hydrogen-bond acceptors (Lipinski definition) is 5. The first-order chi connectivity index (χ1) is 12.7. The molecule has 1 saturated heterocycles. The van der Waals surface area contributed by atoms with Crippen molar-refractivity contribution in [3.63, 3.8) is 0 Å². The van der Waals surface area contributed by atoms with Gasteiger partial charge >= 0.3 is 0 Å². The second-order valence-electron chi connectivity index (χ2n) is 6.82. The van der Waals surface area contributed by atoms with Crippen LogP contribution < -0.4 is 16.1 Å². The highest BCUT2D eigenvalue weighted by atomic mass is 35.5. The molecule has 0 aliphatic carbocycles. The lowest BCUT2D eigenvalue weighted by Gasteiger charge is -2.22. The van der Waals surface area contributed by atoms with Gasteiger partial charge in [0.2, 0.25) is 0 Å². The number of nitrogens with zero attached hydrogens (tertiary/aromatic N) is 3. The highest BCUT2D eigenvalue weighted by Crippen LogP contribution is 2.23. The number of piperidine rings is 1. The minimum Gasteiger partial charge on any atom is -0.507 e. The third-order valence-electron chi connectivity index (χ3n) is 5.28. The van der Waals surface area contributed by atoms with E-state index in [9.17, 15) is 9.90 Å². The molecule has 6 nitrogen and oxygen atoms in total. The maximum Gasteiger partial charge on any atom is 0.278 e. The lowest BCUT2D eigenvalue weighted by molar-refractivity contribution is 0.343. The quantitative estimate of drug-likeness (QED) is 0.555. The molecule has 4 aromatic rings. The second-order valence-corrected chi connectivity index (χ2v) is 6.82. The molecule has 27 heavy (non-hydrogen) atoms. The molecule has 1 aliphatic heterocycles. The number of benzene rings is 2. The second kappa shape index (κ2) is 6.79. The molecule has 0 unspecified atom stereocenters. The molecule has 5 rings (SSSR count). The van der Waals surface area contributed by atoms with Crippen molar-refractivity contribution >= 4 is 39.8 Å². The van der Waals surface area contributed by atoms with Crippen molar-refractivity contribution in [1.82, 2.24) is 20.1 Å². The summed E-state index contributed by atoms with van der Waals surface area (Å²) in [6.45, 7) is 1.98. The van der Waals surface area contributed by atoms with Crippen LogP contribution in [0.15, 0.2) is 47.5 Å². The predicted molar refractivity (Wildman–Crippen MR) is 108 cm³/mol. The number of aromatic nitrogens is 3. The number of aliphatic hydroxyl groups is 1. The molecule has 0 amide bonds. The Morgan fingerprint density at radius 2 is 1.93 bits per heavy atom. The zero-order valence-corrected chi connectivity index (χ0v) is 15.4. The summed E-state index contributed by atoms with van der Waals surface area (Å²) in [5, 5.41) is 21.7. The van der Waals surface area contributed by atoms with Gasteiger partial charge in [-0.25, -0.2) is 4.98 Å². The maximum atomic E-state index is 12.0. The standard InChI is InChI=1S/C20H18N4O2.ClH/c25-19(12-10-22-24(11-12)13-6-8-21-9-7-13)15-4-5-17-18-14(15)2-1-3-16(18)20(26)23-17;/h1-5,10-11,13,21,25H,6-9H2;1H/b19-15-;. The van der Waals surface area contributed by atoms with E-state index in [0.717, 1.165) is 36.7 Å². The fourth-order valence-corrected chi connectivity index (χ4v) is 3.92. The summed E-state index contributed by atoms with van der Waals surface area (Å²) in [7, 11) is 0. The first kappa shape index (κ1) is 17.7. The molecule has 2 aromatic heterocycles. The highest BCUT2D eigenvalue weighted by molar-refractivity contribution is 6.09. The van der Waals surface area contributed by atoms with Gasteiger partial charge in [-0.2, -0.15) is 5.10 Å². The summed E-state index contributed by atoms with van der Waals surface area (Å²) in [5.74, 6) is 0.174. The van der Waals surface area contributed by atoms with Gasteiger partial charge in [-0.3, -0.25) is 9.48 Å². The van der Waals surface area contributed by atoms with Crippen LogP contribution >= 0.6 is 12.4 Å². The first-order valence-corrected chi connectivity index (χ1v) is 8.86. The van der Waals surface area contributed by atoms with E-state index >= 15 is 0 Å². The average Bonchev–Trinajstić information content (AvgIpc) is 3.29. The number of aliphatic hydroxyl groups excluding tert-OH is 1. The summed E-state index contributed by atoms with van der Waals surface area (Å²) < 4.78 is 1.95. The topological polar surface area (TPSA) is 80.0 Å². The fourth-order valence-electron chi connectivity index (χ4n) is 3.92. The van der Waals surface area contributed by atoms with Crippen molar-refractivity contribution < 1.29 is 5.11 Å². The Labute approximate surface area is 161 Å². The van der Waals surface area contributed by atoms with Crippen molar-refractivity contribution in [1.29, 1.82) is 0 Å². The molecule has 1 aliphatic rings. The normalized spacial score (nSPS) is 16.6. The number of hydrogen-bond donors (Lipinski definition) is 2. The van der Waals surface area contributed by atoms with E-state index in [1.165, 1.54) is 0 Å². The van der Waals surface area contributed by atoms with E-state index in [2.05, 4.69) is 15.4 Å². The van der Waals surface area contributed by atoms with Gasteiger partial charge in [-0.1, -0.05) is 12.1 Å². The Hall–Kier alpha value is -2.70. The molecule has 0 saturated carbocycles. The smallest absolute Gasteiger partial charge is 0.278 e. The number of rotatable bonds is 2. The van der Waals surface area contributed by atoms with Crippen molar-refractivity contribution in [3.05, 3.63) is 63.9 Å². The molecule has 3 heterocycles. The Bertz CT molecular complexity index is 1210. The summed E-state index contributed by atoms with van der Waals surface area (Å²) in [6.07, 6.45) is 5.68. The van der Waals surface area contributed by atoms with Gasteiger partial charge in [0.05, 0.1) is 28.7 Å². The van der Waals surface area contributed by atoms with Gasteiger partial charge < -0.3 is 10.4 Å². The summed E-state index contributed by atoms with van der Waals surface area (Å²) >= 11 is 0. The highest BCUT2D eigenvalue weighted by Gasteiger charge is 2.17. The molecule has 2 N–H and O–H groups in total. The Morgan fingerprint density at radius 1 is 1.15 bits per heavy atom. The average molecular weight is 383 g/mol. The van der Waals surface area contributed by atoms with Crippen LogP contribution in [-0.4, -0.2) is 33.0 Å². The van der Waals surface area contributed by atoms with Crippen LogP contribution in [-0.2, 0) is 0 Å². The van der Waals surface area contributed by atoms with Gasteiger partial charge in [0.15, 0.2) is 0 Å². The van der Waals surface area contributed by atoms with E-state index in [0.29, 0.717) is 27.7 Å². The number of halogens is 1. The third-order valence-corrected chi connectivity index (χ3v) is 5.28. The molecule has 1 fully saturated rings.